The average molecular weight is 478 g/mol. The van der Waals surface area contributed by atoms with E-state index in [2.05, 4.69) is 4.74 Å². The van der Waals surface area contributed by atoms with Gasteiger partial charge in [-0.25, -0.2) is 13.6 Å². The summed E-state index contributed by atoms with van der Waals surface area (Å²) in [5, 5.41) is 3.26. The SMILES string of the molecule is COC(=O)CN1CCN(c2c(F)cc(N3CC(CNC(=O)C(F)F)OC3=O)cc2F)CCO1. The van der Waals surface area contributed by atoms with Crippen LogP contribution >= 0.6 is 0 Å². The number of cyclic esters (lactones) is 1. The van der Waals surface area contributed by atoms with Crippen molar-refractivity contribution in [3.63, 3.8) is 0 Å². The highest BCUT2D eigenvalue weighted by molar-refractivity contribution is 5.90. The number of methoxy groups -OCH3 is 1. The van der Waals surface area contributed by atoms with Crippen molar-refractivity contribution in [2.75, 3.05) is 62.8 Å². The van der Waals surface area contributed by atoms with Gasteiger partial charge in [-0.2, -0.15) is 13.8 Å². The molecule has 0 aromatic heterocycles. The van der Waals surface area contributed by atoms with Gasteiger partial charge in [-0.1, -0.05) is 0 Å². The van der Waals surface area contributed by atoms with Gasteiger partial charge in [-0.05, 0) is 0 Å². The van der Waals surface area contributed by atoms with E-state index in [4.69, 9.17) is 9.57 Å². The number of benzene rings is 1. The van der Waals surface area contributed by atoms with Crippen molar-refractivity contribution >= 4 is 29.3 Å². The van der Waals surface area contributed by atoms with Gasteiger partial charge in [-0.3, -0.25) is 19.3 Å². The van der Waals surface area contributed by atoms with Gasteiger partial charge < -0.3 is 19.7 Å². The van der Waals surface area contributed by atoms with Crippen molar-refractivity contribution < 1.29 is 46.3 Å². The molecule has 1 N–H and O–H groups in total. The summed E-state index contributed by atoms with van der Waals surface area (Å²) in [4.78, 5) is 42.2. The smallest absolute Gasteiger partial charge is 0.414 e. The monoisotopic (exact) mass is 478 g/mol. The second-order valence-electron chi connectivity index (χ2n) is 7.18. The Morgan fingerprint density at radius 1 is 1.21 bits per heavy atom. The maximum Gasteiger partial charge on any atom is 0.414 e. The number of esters is 1. The molecule has 3 rings (SSSR count). The molecule has 2 saturated heterocycles. The lowest BCUT2D eigenvalue weighted by atomic mass is 10.2. The van der Waals surface area contributed by atoms with Crippen LogP contribution in [-0.2, 0) is 23.9 Å². The highest BCUT2D eigenvalue weighted by atomic mass is 19.3. The van der Waals surface area contributed by atoms with E-state index in [1.54, 1.807) is 0 Å². The van der Waals surface area contributed by atoms with Gasteiger partial charge in [0.25, 0.3) is 5.91 Å². The molecule has 1 unspecified atom stereocenters. The molecule has 0 bridgehead atoms. The van der Waals surface area contributed by atoms with Crippen molar-refractivity contribution in [1.82, 2.24) is 10.4 Å². The van der Waals surface area contributed by atoms with Crippen LogP contribution in [0.3, 0.4) is 0 Å². The number of alkyl halides is 2. The van der Waals surface area contributed by atoms with Gasteiger partial charge >= 0.3 is 18.5 Å². The molecule has 2 fully saturated rings. The number of amides is 2. The van der Waals surface area contributed by atoms with E-state index in [0.29, 0.717) is 0 Å². The Labute approximate surface area is 185 Å². The number of anilines is 2. The zero-order valence-corrected chi connectivity index (χ0v) is 17.6. The third-order valence-corrected chi connectivity index (χ3v) is 4.99. The number of rotatable bonds is 7. The number of nitrogens with one attached hydrogen (secondary N) is 1. The molecular weight excluding hydrogens is 456 g/mol. The summed E-state index contributed by atoms with van der Waals surface area (Å²) >= 11 is 0. The predicted molar refractivity (Wildman–Crippen MR) is 105 cm³/mol. The quantitative estimate of drug-likeness (QED) is 0.456. The molecule has 182 valence electrons. The number of nitrogens with zero attached hydrogens (tertiary/aromatic N) is 3. The molecule has 0 radical (unpaired) electrons. The molecule has 2 aliphatic heterocycles. The molecule has 0 spiro atoms. The fraction of sp³-hybridized carbons (Fsp3) is 0.526. The highest BCUT2D eigenvalue weighted by Crippen LogP contribution is 2.31. The van der Waals surface area contributed by atoms with Crippen molar-refractivity contribution in [3.8, 4) is 0 Å². The topological polar surface area (TPSA) is 101 Å². The first-order chi connectivity index (χ1) is 15.7. The lowest BCUT2D eigenvalue weighted by Gasteiger charge is -2.24. The second-order valence-corrected chi connectivity index (χ2v) is 7.18. The largest absolute Gasteiger partial charge is 0.468 e. The second kappa shape index (κ2) is 10.7. The minimum absolute atomic E-state index is 0.0715. The summed E-state index contributed by atoms with van der Waals surface area (Å²) in [6, 6.07) is 1.91. The number of hydrogen-bond acceptors (Lipinski definition) is 8. The number of hydroxylamine groups is 2. The number of halogens is 4. The Bertz CT molecular complexity index is 882. The van der Waals surface area contributed by atoms with Crippen LogP contribution < -0.4 is 15.1 Å². The molecule has 0 aliphatic carbocycles. The van der Waals surface area contributed by atoms with Gasteiger partial charge in [0.1, 0.15) is 18.3 Å². The van der Waals surface area contributed by atoms with Crippen molar-refractivity contribution in [2.45, 2.75) is 12.5 Å². The Balaban J connectivity index is 1.67. The zero-order valence-electron chi connectivity index (χ0n) is 17.6. The number of ether oxygens (including phenoxy) is 2. The van der Waals surface area contributed by atoms with Gasteiger partial charge in [-0.15, -0.1) is 0 Å². The third-order valence-electron chi connectivity index (χ3n) is 4.99. The average Bonchev–Trinajstić information content (AvgIpc) is 2.99. The molecule has 1 aromatic rings. The summed E-state index contributed by atoms with van der Waals surface area (Å²) in [6.45, 7) is -0.151. The maximum absolute atomic E-state index is 14.9. The van der Waals surface area contributed by atoms with E-state index in [9.17, 15) is 31.9 Å². The molecule has 0 saturated carbocycles. The summed E-state index contributed by atoms with van der Waals surface area (Å²) in [5.41, 5.74) is -0.449. The van der Waals surface area contributed by atoms with E-state index in [-0.39, 0.29) is 57.3 Å². The highest BCUT2D eigenvalue weighted by Gasteiger charge is 2.34. The molecular formula is C19H22F4N4O6. The van der Waals surface area contributed by atoms with E-state index < -0.39 is 42.1 Å². The van der Waals surface area contributed by atoms with Crippen molar-refractivity contribution in [1.29, 1.82) is 0 Å². The first kappa shape index (κ1) is 24.5. The molecule has 10 nitrogen and oxygen atoms in total. The minimum atomic E-state index is -3.22. The minimum Gasteiger partial charge on any atom is -0.468 e. The number of hydrogen-bond donors (Lipinski definition) is 1. The Morgan fingerprint density at radius 3 is 2.55 bits per heavy atom. The summed E-state index contributed by atoms with van der Waals surface area (Å²) in [5.74, 6) is -3.91. The molecule has 1 atom stereocenters. The first-order valence-electron chi connectivity index (χ1n) is 9.92. The van der Waals surface area contributed by atoms with E-state index in [1.165, 1.54) is 17.1 Å². The van der Waals surface area contributed by atoms with Crippen LogP contribution in [0.2, 0.25) is 0 Å². The van der Waals surface area contributed by atoms with Crippen molar-refractivity contribution in [2.24, 2.45) is 0 Å². The maximum atomic E-state index is 14.9. The standard InChI is InChI=1S/C19H22F4N4O6/c1-31-15(28)10-26-3-2-25(4-5-32-26)16-13(20)6-11(7-14(16)21)27-9-12(33-19(27)30)8-24-18(29)17(22)23/h6-7,12,17H,2-5,8-10H2,1H3,(H,24,29). The number of carbonyl (C=O) groups is 3. The predicted octanol–water partition coefficient (Wildman–Crippen LogP) is 0.898. The van der Waals surface area contributed by atoms with Crippen LogP contribution in [0.1, 0.15) is 0 Å². The van der Waals surface area contributed by atoms with Crippen LogP contribution in [0, 0.1) is 11.6 Å². The van der Waals surface area contributed by atoms with Crippen LogP contribution in [-0.4, -0.2) is 88.5 Å². The number of carbonyl (C=O) groups excluding carboxylic acids is 3. The molecule has 14 heteroatoms. The molecule has 2 amide bonds. The summed E-state index contributed by atoms with van der Waals surface area (Å²) in [7, 11) is 1.23. The van der Waals surface area contributed by atoms with Gasteiger partial charge in [0, 0.05) is 31.8 Å². The van der Waals surface area contributed by atoms with E-state index in [0.717, 1.165) is 17.0 Å². The van der Waals surface area contributed by atoms with Crippen molar-refractivity contribution in [3.05, 3.63) is 23.8 Å². The molecule has 1 aromatic carbocycles. The Kier molecular flexibility index (Phi) is 7.92. The zero-order chi connectivity index (χ0) is 24.1. The first-order valence-corrected chi connectivity index (χ1v) is 9.92. The third kappa shape index (κ3) is 6.01. The van der Waals surface area contributed by atoms with E-state index in [1.807, 2.05) is 5.32 Å². The lowest BCUT2D eigenvalue weighted by Crippen LogP contribution is -2.37. The lowest BCUT2D eigenvalue weighted by molar-refractivity contribution is -0.172. The summed E-state index contributed by atoms with van der Waals surface area (Å²) < 4.78 is 63.8. The summed E-state index contributed by atoms with van der Waals surface area (Å²) in [6.07, 6.45) is -5.11. The molecule has 2 aliphatic rings. The van der Waals surface area contributed by atoms with Crippen LogP contribution in [0.25, 0.3) is 0 Å². The van der Waals surface area contributed by atoms with Crippen LogP contribution in [0.15, 0.2) is 12.1 Å². The molecule has 2 heterocycles. The normalized spacial score (nSPS) is 19.5. The van der Waals surface area contributed by atoms with Crippen LogP contribution in [0.5, 0.6) is 0 Å². The Hall–Kier alpha value is -3.13. The molecule has 33 heavy (non-hydrogen) atoms. The fourth-order valence-corrected chi connectivity index (χ4v) is 3.39. The van der Waals surface area contributed by atoms with Gasteiger partial charge in [0.2, 0.25) is 0 Å². The van der Waals surface area contributed by atoms with Gasteiger partial charge in [0.05, 0.1) is 32.5 Å². The van der Waals surface area contributed by atoms with Crippen LogP contribution in [0.4, 0.5) is 33.7 Å². The van der Waals surface area contributed by atoms with Gasteiger partial charge in [0.15, 0.2) is 11.6 Å². The van der Waals surface area contributed by atoms with E-state index >= 15 is 0 Å². The fourth-order valence-electron chi connectivity index (χ4n) is 3.39. The Morgan fingerprint density at radius 2 is 1.91 bits per heavy atom.